The normalized spacial score (nSPS) is 10.3. The van der Waals surface area contributed by atoms with E-state index in [0.717, 1.165) is 0 Å². The van der Waals surface area contributed by atoms with Crippen LogP contribution in [0.5, 0.6) is 5.75 Å². The summed E-state index contributed by atoms with van der Waals surface area (Å²) >= 11 is 11.6. The van der Waals surface area contributed by atoms with Crippen LogP contribution in [0.3, 0.4) is 0 Å². The van der Waals surface area contributed by atoms with Crippen molar-refractivity contribution in [2.45, 2.75) is 0 Å². The van der Waals surface area contributed by atoms with Crippen LogP contribution in [0.2, 0.25) is 10.0 Å². The first-order valence-corrected chi connectivity index (χ1v) is 7.52. The van der Waals surface area contributed by atoms with Gasteiger partial charge in [-0.1, -0.05) is 23.2 Å². The number of ether oxygens (including phenoxy) is 2. The maximum Gasteiger partial charge on any atom is 0.340 e. The third kappa shape index (κ3) is 4.80. The second kappa shape index (κ2) is 8.13. The fourth-order valence-corrected chi connectivity index (χ4v) is 2.31. The van der Waals surface area contributed by atoms with Gasteiger partial charge in [-0.3, -0.25) is 4.79 Å². The Bertz CT molecular complexity index is 830. The van der Waals surface area contributed by atoms with Gasteiger partial charge in [0.25, 0.3) is 5.91 Å². The van der Waals surface area contributed by atoms with E-state index in [1.165, 1.54) is 19.2 Å². The van der Waals surface area contributed by atoms with Crippen molar-refractivity contribution >= 4 is 40.8 Å². The molecule has 5 nitrogen and oxygen atoms in total. The SMILES string of the molecule is COc1ccc(NC(=O)COC(=O)c2cc(F)c(F)cc2Cl)cc1Cl. The molecular weight excluding hydrogens is 379 g/mol. The summed E-state index contributed by atoms with van der Waals surface area (Å²) in [5, 5.41) is 2.41. The number of halogens is 4. The molecule has 0 radical (unpaired) electrons. The number of rotatable bonds is 5. The van der Waals surface area contributed by atoms with Crippen LogP contribution in [0.15, 0.2) is 30.3 Å². The van der Waals surface area contributed by atoms with Crippen LogP contribution in [0.25, 0.3) is 0 Å². The third-order valence-corrected chi connectivity index (χ3v) is 3.61. The second-order valence-corrected chi connectivity index (χ2v) is 5.53. The number of methoxy groups -OCH3 is 1. The Hall–Kier alpha value is -2.38. The van der Waals surface area contributed by atoms with Gasteiger partial charge in [-0.05, 0) is 30.3 Å². The van der Waals surface area contributed by atoms with Crippen LogP contribution >= 0.6 is 23.2 Å². The Morgan fingerprint density at radius 3 is 2.40 bits per heavy atom. The average molecular weight is 390 g/mol. The van der Waals surface area contributed by atoms with E-state index in [2.05, 4.69) is 5.32 Å². The molecular formula is C16H11Cl2F2NO4. The largest absolute Gasteiger partial charge is 0.495 e. The molecule has 0 bridgehead atoms. The number of esters is 1. The number of hydrogen-bond donors (Lipinski definition) is 1. The first kappa shape index (κ1) is 19.0. The molecule has 0 atom stereocenters. The zero-order valence-corrected chi connectivity index (χ0v) is 14.3. The van der Waals surface area contributed by atoms with Gasteiger partial charge in [-0.15, -0.1) is 0 Å². The number of benzene rings is 2. The zero-order valence-electron chi connectivity index (χ0n) is 12.7. The Morgan fingerprint density at radius 2 is 1.76 bits per heavy atom. The van der Waals surface area contributed by atoms with E-state index in [-0.39, 0.29) is 15.6 Å². The van der Waals surface area contributed by atoms with Crippen LogP contribution in [0, 0.1) is 11.6 Å². The van der Waals surface area contributed by atoms with Crippen LogP contribution in [0.1, 0.15) is 10.4 Å². The van der Waals surface area contributed by atoms with E-state index in [4.69, 9.17) is 32.7 Å². The van der Waals surface area contributed by atoms with Crippen molar-refractivity contribution in [3.05, 3.63) is 57.6 Å². The Kier molecular flexibility index (Phi) is 6.17. The Labute approximate surface area is 151 Å². The van der Waals surface area contributed by atoms with Gasteiger partial charge in [-0.25, -0.2) is 13.6 Å². The molecule has 0 aliphatic rings. The lowest BCUT2D eigenvalue weighted by atomic mass is 10.2. The van der Waals surface area contributed by atoms with Gasteiger partial charge in [0.2, 0.25) is 0 Å². The van der Waals surface area contributed by atoms with Crippen molar-refractivity contribution < 1.29 is 27.8 Å². The van der Waals surface area contributed by atoms with Crippen molar-refractivity contribution in [1.82, 2.24) is 0 Å². The third-order valence-electron chi connectivity index (χ3n) is 3.00. The van der Waals surface area contributed by atoms with Crippen molar-refractivity contribution in [2.75, 3.05) is 19.0 Å². The highest BCUT2D eigenvalue weighted by Gasteiger charge is 2.17. The summed E-state index contributed by atoms with van der Waals surface area (Å²) < 4.78 is 35.8. The number of carbonyl (C=O) groups excluding carboxylic acids is 2. The van der Waals surface area contributed by atoms with Crippen LogP contribution in [-0.2, 0) is 9.53 Å². The lowest BCUT2D eigenvalue weighted by Gasteiger charge is -2.09. The summed E-state index contributed by atoms with van der Waals surface area (Å²) in [5.74, 6) is -3.75. The zero-order chi connectivity index (χ0) is 18.6. The molecule has 0 aliphatic carbocycles. The number of carbonyl (C=O) groups is 2. The molecule has 9 heteroatoms. The highest BCUT2D eigenvalue weighted by Crippen LogP contribution is 2.27. The highest BCUT2D eigenvalue weighted by molar-refractivity contribution is 6.33. The molecule has 25 heavy (non-hydrogen) atoms. The van der Waals surface area contributed by atoms with E-state index in [9.17, 15) is 18.4 Å². The first-order valence-electron chi connectivity index (χ1n) is 6.77. The minimum atomic E-state index is -1.26. The molecule has 0 saturated carbocycles. The molecule has 2 rings (SSSR count). The van der Waals surface area contributed by atoms with Crippen molar-refractivity contribution in [1.29, 1.82) is 0 Å². The van der Waals surface area contributed by atoms with Gasteiger partial charge in [-0.2, -0.15) is 0 Å². The molecule has 1 N–H and O–H groups in total. The molecule has 0 spiro atoms. The standard InChI is InChI=1S/C16H11Cl2F2NO4/c1-24-14-3-2-8(4-11(14)18)21-15(22)7-25-16(23)9-5-12(19)13(20)6-10(9)17/h2-6H,7H2,1H3,(H,21,22). The van der Waals surface area contributed by atoms with Gasteiger partial charge in [0, 0.05) is 5.69 Å². The number of amides is 1. The van der Waals surface area contributed by atoms with Crippen LogP contribution < -0.4 is 10.1 Å². The maximum atomic E-state index is 13.2. The molecule has 2 aromatic carbocycles. The highest BCUT2D eigenvalue weighted by atomic mass is 35.5. The number of nitrogens with one attached hydrogen (secondary N) is 1. The summed E-state index contributed by atoms with van der Waals surface area (Å²) in [6.07, 6.45) is 0. The second-order valence-electron chi connectivity index (χ2n) is 4.72. The van der Waals surface area contributed by atoms with Gasteiger partial charge < -0.3 is 14.8 Å². The Morgan fingerprint density at radius 1 is 1.08 bits per heavy atom. The lowest BCUT2D eigenvalue weighted by molar-refractivity contribution is -0.119. The van der Waals surface area contributed by atoms with Crippen LogP contribution in [0.4, 0.5) is 14.5 Å². The molecule has 0 heterocycles. The fourth-order valence-electron chi connectivity index (χ4n) is 1.83. The van der Waals surface area contributed by atoms with E-state index in [1.807, 2.05) is 0 Å². The monoisotopic (exact) mass is 389 g/mol. The van der Waals surface area contributed by atoms with E-state index >= 15 is 0 Å². The van der Waals surface area contributed by atoms with Crippen molar-refractivity contribution in [2.24, 2.45) is 0 Å². The molecule has 0 aliphatic heterocycles. The molecule has 0 unspecified atom stereocenters. The minimum absolute atomic E-state index is 0.283. The number of anilines is 1. The average Bonchev–Trinajstić information content (AvgIpc) is 2.56. The summed E-state index contributed by atoms with van der Waals surface area (Å²) in [7, 11) is 1.45. The smallest absolute Gasteiger partial charge is 0.340 e. The van der Waals surface area contributed by atoms with E-state index in [0.29, 0.717) is 23.6 Å². The summed E-state index contributed by atoms with van der Waals surface area (Å²) in [4.78, 5) is 23.6. The lowest BCUT2D eigenvalue weighted by Crippen LogP contribution is -2.21. The van der Waals surface area contributed by atoms with E-state index in [1.54, 1.807) is 6.07 Å². The predicted octanol–water partition coefficient (Wildman–Crippen LogP) is 4.08. The summed E-state index contributed by atoms with van der Waals surface area (Å²) in [6, 6.07) is 5.78. The van der Waals surface area contributed by atoms with E-state index < -0.39 is 30.1 Å². The Balaban J connectivity index is 1.97. The summed E-state index contributed by atoms with van der Waals surface area (Å²) in [5.41, 5.74) is -0.0291. The molecule has 0 saturated heterocycles. The van der Waals surface area contributed by atoms with Gasteiger partial charge in [0.15, 0.2) is 18.2 Å². The number of hydrogen-bond acceptors (Lipinski definition) is 4. The van der Waals surface area contributed by atoms with Crippen LogP contribution in [-0.4, -0.2) is 25.6 Å². The topological polar surface area (TPSA) is 64.6 Å². The maximum absolute atomic E-state index is 13.2. The van der Waals surface area contributed by atoms with Gasteiger partial charge in [0.1, 0.15) is 5.75 Å². The predicted molar refractivity (Wildman–Crippen MR) is 88.3 cm³/mol. The first-order chi connectivity index (χ1) is 11.8. The molecule has 0 fully saturated rings. The van der Waals surface area contributed by atoms with Crippen molar-refractivity contribution in [3.63, 3.8) is 0 Å². The molecule has 1 amide bonds. The van der Waals surface area contributed by atoms with Gasteiger partial charge >= 0.3 is 5.97 Å². The van der Waals surface area contributed by atoms with Crippen molar-refractivity contribution in [3.8, 4) is 5.75 Å². The molecule has 2 aromatic rings. The minimum Gasteiger partial charge on any atom is -0.495 e. The molecule has 132 valence electrons. The molecule has 0 aromatic heterocycles. The quantitative estimate of drug-likeness (QED) is 0.618. The fraction of sp³-hybridized carbons (Fsp3) is 0.125. The van der Waals surface area contributed by atoms with Gasteiger partial charge in [0.05, 0.1) is 22.7 Å². The summed E-state index contributed by atoms with van der Waals surface area (Å²) in [6.45, 7) is -0.655.